The third-order valence-electron chi connectivity index (χ3n) is 3.39. The van der Waals surface area contributed by atoms with E-state index in [-0.39, 0.29) is 6.61 Å². The van der Waals surface area contributed by atoms with Crippen LogP contribution in [0.3, 0.4) is 0 Å². The topological polar surface area (TPSA) is 32.3 Å². The van der Waals surface area contributed by atoms with Gasteiger partial charge in [-0.15, -0.1) is 11.3 Å². The summed E-state index contributed by atoms with van der Waals surface area (Å²) in [5.74, 6) is 0.537. The number of anilines is 1. The van der Waals surface area contributed by atoms with Gasteiger partial charge in [-0.1, -0.05) is 32.0 Å². The predicted molar refractivity (Wildman–Crippen MR) is 87.4 cm³/mol. The molecule has 0 amide bonds. The van der Waals surface area contributed by atoms with Crippen molar-refractivity contribution < 1.29 is 5.11 Å². The van der Waals surface area contributed by atoms with Crippen molar-refractivity contribution in [3.63, 3.8) is 0 Å². The van der Waals surface area contributed by atoms with Gasteiger partial charge in [0.15, 0.2) is 0 Å². The summed E-state index contributed by atoms with van der Waals surface area (Å²) in [4.78, 5) is 1.38. The fraction of sp³-hybridized carbons (Fsp3) is 0.412. The molecule has 2 N–H and O–H groups in total. The zero-order chi connectivity index (χ0) is 14.4. The molecule has 0 radical (unpaired) electrons. The van der Waals surface area contributed by atoms with Crippen LogP contribution in [0.4, 0.5) is 5.69 Å². The van der Waals surface area contributed by atoms with Crippen molar-refractivity contribution in [2.24, 2.45) is 5.92 Å². The van der Waals surface area contributed by atoms with Gasteiger partial charge in [0.1, 0.15) is 0 Å². The average Bonchev–Trinajstić information content (AvgIpc) is 2.96. The Morgan fingerprint density at radius 2 is 2.05 bits per heavy atom. The Kier molecular flexibility index (Phi) is 5.62. The number of thiophene rings is 1. The number of rotatable bonds is 7. The highest BCUT2D eigenvalue weighted by molar-refractivity contribution is 7.10. The van der Waals surface area contributed by atoms with Gasteiger partial charge in [0, 0.05) is 17.2 Å². The van der Waals surface area contributed by atoms with Gasteiger partial charge in [-0.05, 0) is 47.9 Å². The molecule has 1 aromatic carbocycles. The van der Waals surface area contributed by atoms with Crippen molar-refractivity contribution in [2.45, 2.75) is 32.7 Å². The lowest BCUT2D eigenvalue weighted by Gasteiger charge is -2.23. The number of hydrogen-bond acceptors (Lipinski definition) is 3. The Morgan fingerprint density at radius 1 is 1.20 bits per heavy atom. The molecule has 1 unspecified atom stereocenters. The lowest BCUT2D eigenvalue weighted by atomic mass is 10.0. The van der Waals surface area contributed by atoms with Gasteiger partial charge in [-0.2, -0.15) is 0 Å². The molecule has 3 heteroatoms. The molecular formula is C17H23NOS. The highest BCUT2D eigenvalue weighted by Crippen LogP contribution is 2.30. The van der Waals surface area contributed by atoms with E-state index in [1.54, 1.807) is 11.3 Å². The van der Waals surface area contributed by atoms with Crippen LogP contribution >= 0.6 is 11.3 Å². The monoisotopic (exact) mass is 289 g/mol. The molecule has 0 spiro atoms. The second kappa shape index (κ2) is 7.46. The summed E-state index contributed by atoms with van der Waals surface area (Å²) in [6.45, 7) is 4.74. The van der Waals surface area contributed by atoms with Crippen molar-refractivity contribution >= 4 is 17.0 Å². The van der Waals surface area contributed by atoms with E-state index in [9.17, 15) is 0 Å². The Bertz CT molecular complexity index is 507. The van der Waals surface area contributed by atoms with Gasteiger partial charge in [-0.3, -0.25) is 0 Å². The molecule has 0 fully saturated rings. The van der Waals surface area contributed by atoms with Crippen LogP contribution < -0.4 is 5.32 Å². The largest absolute Gasteiger partial charge is 0.396 e. The van der Waals surface area contributed by atoms with E-state index in [4.69, 9.17) is 5.11 Å². The molecule has 20 heavy (non-hydrogen) atoms. The molecule has 1 heterocycles. The summed E-state index contributed by atoms with van der Waals surface area (Å²) in [7, 11) is 0. The second-order valence-electron chi connectivity index (χ2n) is 5.41. The maximum atomic E-state index is 8.93. The smallest absolute Gasteiger partial charge is 0.0629 e. The Labute approximate surface area is 125 Å². The molecule has 0 aliphatic rings. The van der Waals surface area contributed by atoms with Crippen LogP contribution in [-0.2, 0) is 6.42 Å². The highest BCUT2D eigenvalue weighted by Gasteiger charge is 2.16. The minimum absolute atomic E-state index is 0.251. The van der Waals surface area contributed by atoms with Crippen LogP contribution in [-0.4, -0.2) is 11.7 Å². The lowest BCUT2D eigenvalue weighted by molar-refractivity contribution is 0.288. The van der Waals surface area contributed by atoms with Crippen LogP contribution in [0.1, 0.15) is 36.8 Å². The molecule has 2 rings (SSSR count). The van der Waals surface area contributed by atoms with E-state index in [0.29, 0.717) is 12.0 Å². The normalized spacial score (nSPS) is 12.6. The predicted octanol–water partition coefficient (Wildman–Crippen LogP) is 4.48. The molecule has 0 bridgehead atoms. The van der Waals surface area contributed by atoms with Gasteiger partial charge in [0.05, 0.1) is 6.04 Å². The van der Waals surface area contributed by atoms with E-state index in [1.807, 2.05) is 0 Å². The first-order valence-electron chi connectivity index (χ1n) is 7.20. The van der Waals surface area contributed by atoms with E-state index in [1.165, 1.54) is 10.4 Å². The van der Waals surface area contributed by atoms with Crippen molar-refractivity contribution in [1.82, 2.24) is 0 Å². The first-order valence-corrected chi connectivity index (χ1v) is 8.08. The van der Waals surface area contributed by atoms with Crippen LogP contribution in [0.5, 0.6) is 0 Å². The molecule has 0 saturated heterocycles. The maximum absolute atomic E-state index is 8.93. The van der Waals surface area contributed by atoms with Gasteiger partial charge < -0.3 is 10.4 Å². The number of benzene rings is 1. The summed E-state index contributed by atoms with van der Waals surface area (Å²) in [6.07, 6.45) is 1.75. The average molecular weight is 289 g/mol. The Balaban J connectivity index is 2.10. The molecule has 0 aliphatic heterocycles. The number of nitrogens with one attached hydrogen (secondary N) is 1. The molecule has 1 atom stereocenters. The minimum atomic E-state index is 0.251. The molecule has 2 nitrogen and oxygen atoms in total. The van der Waals surface area contributed by atoms with E-state index in [0.717, 1.165) is 18.5 Å². The zero-order valence-electron chi connectivity index (χ0n) is 12.2. The quantitative estimate of drug-likeness (QED) is 0.787. The zero-order valence-corrected chi connectivity index (χ0v) is 13.0. The third kappa shape index (κ3) is 4.09. The van der Waals surface area contributed by atoms with Crippen LogP contribution in [0, 0.1) is 5.92 Å². The van der Waals surface area contributed by atoms with E-state index < -0.39 is 0 Å². The standard InChI is InChI=1S/C17H23NOS/c1-13(2)17(16-9-5-11-20-16)18-15-8-3-6-14(12-15)7-4-10-19/h3,5-6,8-9,11-13,17-19H,4,7,10H2,1-2H3. The summed E-state index contributed by atoms with van der Waals surface area (Å²) < 4.78 is 0. The molecule has 1 aromatic heterocycles. The van der Waals surface area contributed by atoms with Gasteiger partial charge in [0.25, 0.3) is 0 Å². The minimum Gasteiger partial charge on any atom is -0.396 e. The number of aliphatic hydroxyl groups is 1. The SMILES string of the molecule is CC(C)C(Nc1cccc(CCCO)c1)c1cccs1. The second-order valence-corrected chi connectivity index (χ2v) is 6.39. The third-order valence-corrected chi connectivity index (χ3v) is 4.34. The van der Waals surface area contributed by atoms with Crippen molar-refractivity contribution in [1.29, 1.82) is 0 Å². The van der Waals surface area contributed by atoms with Gasteiger partial charge >= 0.3 is 0 Å². The van der Waals surface area contributed by atoms with Crippen LogP contribution in [0.25, 0.3) is 0 Å². The molecule has 0 saturated carbocycles. The van der Waals surface area contributed by atoms with Gasteiger partial charge in [0.2, 0.25) is 0 Å². The summed E-state index contributed by atoms with van der Waals surface area (Å²) in [6, 6.07) is 13.2. The fourth-order valence-corrected chi connectivity index (χ4v) is 3.26. The van der Waals surface area contributed by atoms with Crippen LogP contribution in [0.15, 0.2) is 41.8 Å². The highest BCUT2D eigenvalue weighted by atomic mass is 32.1. The number of aryl methyl sites for hydroxylation is 1. The van der Waals surface area contributed by atoms with E-state index >= 15 is 0 Å². The van der Waals surface area contributed by atoms with E-state index in [2.05, 4.69) is 60.9 Å². The molecular weight excluding hydrogens is 266 g/mol. The maximum Gasteiger partial charge on any atom is 0.0629 e. The fourth-order valence-electron chi connectivity index (χ4n) is 2.31. The Hall–Kier alpha value is -1.32. The molecule has 0 aliphatic carbocycles. The van der Waals surface area contributed by atoms with Crippen molar-refractivity contribution in [2.75, 3.05) is 11.9 Å². The summed E-state index contributed by atoms with van der Waals surface area (Å²) in [5, 5.41) is 14.7. The first-order chi connectivity index (χ1) is 9.70. The van der Waals surface area contributed by atoms with Crippen molar-refractivity contribution in [3.05, 3.63) is 52.2 Å². The van der Waals surface area contributed by atoms with Gasteiger partial charge in [-0.25, -0.2) is 0 Å². The lowest BCUT2D eigenvalue weighted by Crippen LogP contribution is -2.15. The molecule has 2 aromatic rings. The summed E-state index contributed by atoms with van der Waals surface area (Å²) >= 11 is 1.80. The van der Waals surface area contributed by atoms with Crippen LogP contribution in [0.2, 0.25) is 0 Å². The first kappa shape index (κ1) is 15.1. The number of hydrogen-bond donors (Lipinski definition) is 2. The van der Waals surface area contributed by atoms with Crippen molar-refractivity contribution in [3.8, 4) is 0 Å². The summed E-state index contributed by atoms with van der Waals surface area (Å²) in [5.41, 5.74) is 2.44. The molecule has 108 valence electrons. The number of aliphatic hydroxyl groups excluding tert-OH is 1. The Morgan fingerprint density at radius 3 is 2.70 bits per heavy atom.